The molecule has 3 heterocycles. The van der Waals surface area contributed by atoms with Gasteiger partial charge in [0.05, 0.1) is 0 Å². The minimum absolute atomic E-state index is 0.134. The average molecular weight is 390 g/mol. The summed E-state index contributed by atoms with van der Waals surface area (Å²) in [6.45, 7) is 5.72. The van der Waals surface area contributed by atoms with Crippen molar-refractivity contribution < 1.29 is 4.79 Å². The summed E-state index contributed by atoms with van der Waals surface area (Å²) >= 11 is 0. The number of carbonyl (C=O) groups excluding carboxylic acids is 1. The van der Waals surface area contributed by atoms with Gasteiger partial charge in [-0.2, -0.15) is 0 Å². The molecule has 0 saturated carbocycles. The number of fused-ring (bicyclic) bond motifs is 1. The normalized spacial score (nSPS) is 16.2. The van der Waals surface area contributed by atoms with Gasteiger partial charge in [-0.1, -0.05) is 35.9 Å². The Morgan fingerprint density at radius 1 is 1.10 bits per heavy atom. The van der Waals surface area contributed by atoms with Gasteiger partial charge in [-0.05, 0) is 36.2 Å². The molecule has 1 unspecified atom stereocenters. The van der Waals surface area contributed by atoms with Crippen molar-refractivity contribution in [2.45, 2.75) is 39.1 Å². The molecule has 2 aromatic heterocycles. The molecule has 0 aliphatic carbocycles. The van der Waals surface area contributed by atoms with Gasteiger partial charge in [-0.3, -0.25) is 9.88 Å². The highest BCUT2D eigenvalue weighted by molar-refractivity contribution is 5.73. The van der Waals surface area contributed by atoms with Crippen LogP contribution in [0.3, 0.4) is 0 Å². The van der Waals surface area contributed by atoms with Gasteiger partial charge in [-0.25, -0.2) is 4.79 Å². The van der Waals surface area contributed by atoms with Gasteiger partial charge in [0, 0.05) is 63.1 Å². The van der Waals surface area contributed by atoms with Crippen molar-refractivity contribution in [2.75, 3.05) is 6.54 Å². The van der Waals surface area contributed by atoms with Gasteiger partial charge >= 0.3 is 6.03 Å². The number of hydrogen-bond donors (Lipinski definition) is 2. The van der Waals surface area contributed by atoms with E-state index >= 15 is 0 Å². The summed E-state index contributed by atoms with van der Waals surface area (Å²) in [5.41, 5.74) is 4.79. The van der Waals surface area contributed by atoms with Crippen LogP contribution < -0.4 is 10.6 Å². The second kappa shape index (κ2) is 8.92. The molecular formula is C23H27N5O. The smallest absolute Gasteiger partial charge is 0.315 e. The zero-order chi connectivity index (χ0) is 20.1. The van der Waals surface area contributed by atoms with Crippen LogP contribution in [0.5, 0.6) is 0 Å². The van der Waals surface area contributed by atoms with Crippen LogP contribution >= 0.6 is 0 Å². The summed E-state index contributed by atoms with van der Waals surface area (Å²) in [5, 5.41) is 6.00. The van der Waals surface area contributed by atoms with Crippen molar-refractivity contribution in [3.05, 3.63) is 89.5 Å². The molecule has 2 N–H and O–H groups in total. The summed E-state index contributed by atoms with van der Waals surface area (Å²) in [5.74, 6) is 0. The largest absolute Gasteiger partial charge is 0.349 e. The molecule has 6 nitrogen and oxygen atoms in total. The van der Waals surface area contributed by atoms with Crippen LogP contribution in [0, 0.1) is 6.92 Å². The highest BCUT2D eigenvalue weighted by Crippen LogP contribution is 2.20. The fourth-order valence-corrected chi connectivity index (χ4v) is 3.72. The van der Waals surface area contributed by atoms with E-state index in [0.29, 0.717) is 13.1 Å². The second-order valence-electron chi connectivity index (χ2n) is 7.62. The Bertz CT molecular complexity index is 935. The lowest BCUT2D eigenvalue weighted by molar-refractivity contribution is 0.129. The van der Waals surface area contributed by atoms with Crippen LogP contribution in [0.2, 0.25) is 0 Å². The first-order chi connectivity index (χ1) is 14.2. The monoisotopic (exact) mass is 389 g/mol. The molecule has 0 saturated heterocycles. The molecule has 0 fully saturated rings. The van der Waals surface area contributed by atoms with Crippen LogP contribution in [0.25, 0.3) is 0 Å². The number of pyridine rings is 1. The lowest BCUT2D eigenvalue weighted by atomic mass is 10.1. The topological polar surface area (TPSA) is 62.2 Å². The van der Waals surface area contributed by atoms with Gasteiger partial charge in [-0.15, -0.1) is 0 Å². The Hall–Kier alpha value is -3.12. The summed E-state index contributed by atoms with van der Waals surface area (Å²) in [6, 6.07) is 16.6. The number of urea groups is 1. The predicted molar refractivity (Wildman–Crippen MR) is 113 cm³/mol. The van der Waals surface area contributed by atoms with Crippen LogP contribution in [0.1, 0.15) is 22.4 Å². The minimum atomic E-state index is -0.134. The first-order valence-electron chi connectivity index (χ1n) is 10.0. The molecule has 1 aromatic carbocycles. The zero-order valence-corrected chi connectivity index (χ0v) is 16.7. The number of nitrogens with one attached hydrogen (secondary N) is 2. The molecule has 1 aliphatic rings. The van der Waals surface area contributed by atoms with E-state index < -0.39 is 0 Å². The Balaban J connectivity index is 1.34. The third kappa shape index (κ3) is 5.03. The van der Waals surface area contributed by atoms with Crippen molar-refractivity contribution in [3.63, 3.8) is 0 Å². The number of aryl methyl sites for hydroxylation is 1. The molecule has 150 valence electrons. The number of benzene rings is 1. The molecule has 6 heteroatoms. The van der Waals surface area contributed by atoms with Crippen molar-refractivity contribution in [2.24, 2.45) is 0 Å². The van der Waals surface area contributed by atoms with Gasteiger partial charge < -0.3 is 15.2 Å². The molecule has 0 spiro atoms. The van der Waals surface area contributed by atoms with E-state index in [2.05, 4.69) is 68.5 Å². The van der Waals surface area contributed by atoms with Crippen molar-refractivity contribution >= 4 is 6.03 Å². The standard InChI is InChI=1S/C23H27N5O/c1-18-6-8-19(9-7-18)13-25-23(29)26-14-22-17-27-11-3-5-21(27)16-28(22)15-20-4-2-10-24-12-20/h2-12,22H,13-17H2,1H3,(H2,25,26,29). The zero-order valence-electron chi connectivity index (χ0n) is 16.7. The summed E-state index contributed by atoms with van der Waals surface area (Å²) in [7, 11) is 0. The van der Waals surface area contributed by atoms with E-state index in [-0.39, 0.29) is 12.1 Å². The van der Waals surface area contributed by atoms with Gasteiger partial charge in [0.2, 0.25) is 0 Å². The SMILES string of the molecule is Cc1ccc(CNC(=O)NCC2Cn3cccc3CN2Cc2cccnc2)cc1. The van der Waals surface area contributed by atoms with Gasteiger partial charge in [0.15, 0.2) is 0 Å². The van der Waals surface area contributed by atoms with Crippen molar-refractivity contribution in [1.29, 1.82) is 0 Å². The predicted octanol–water partition coefficient (Wildman–Crippen LogP) is 3.08. The molecule has 3 aromatic rings. The average Bonchev–Trinajstić information content (AvgIpc) is 3.19. The van der Waals surface area contributed by atoms with E-state index in [1.807, 2.05) is 24.4 Å². The van der Waals surface area contributed by atoms with Crippen LogP contribution in [0.15, 0.2) is 67.1 Å². The summed E-state index contributed by atoms with van der Waals surface area (Å²) in [6.07, 6.45) is 5.82. The fraction of sp³-hybridized carbons (Fsp3) is 0.304. The Kier molecular flexibility index (Phi) is 5.91. The molecule has 0 radical (unpaired) electrons. The van der Waals surface area contributed by atoms with E-state index in [0.717, 1.165) is 25.2 Å². The quantitative estimate of drug-likeness (QED) is 0.681. The lowest BCUT2D eigenvalue weighted by Gasteiger charge is -2.37. The van der Waals surface area contributed by atoms with Crippen molar-refractivity contribution in [1.82, 2.24) is 25.1 Å². The first-order valence-corrected chi connectivity index (χ1v) is 10.0. The number of nitrogens with zero attached hydrogens (tertiary/aromatic N) is 3. The maximum atomic E-state index is 12.3. The number of amides is 2. The Morgan fingerprint density at radius 2 is 1.97 bits per heavy atom. The molecular weight excluding hydrogens is 362 g/mol. The van der Waals surface area contributed by atoms with E-state index in [1.165, 1.54) is 16.8 Å². The Morgan fingerprint density at radius 3 is 2.76 bits per heavy atom. The van der Waals surface area contributed by atoms with Crippen LogP contribution in [-0.2, 0) is 26.2 Å². The minimum Gasteiger partial charge on any atom is -0.349 e. The molecule has 1 aliphatic heterocycles. The maximum Gasteiger partial charge on any atom is 0.315 e. The summed E-state index contributed by atoms with van der Waals surface area (Å²) in [4.78, 5) is 19.0. The van der Waals surface area contributed by atoms with E-state index in [1.54, 1.807) is 6.20 Å². The number of carbonyl (C=O) groups is 1. The third-order valence-electron chi connectivity index (χ3n) is 5.39. The fourth-order valence-electron chi connectivity index (χ4n) is 3.72. The second-order valence-corrected chi connectivity index (χ2v) is 7.62. The number of aromatic nitrogens is 2. The maximum absolute atomic E-state index is 12.3. The molecule has 29 heavy (non-hydrogen) atoms. The highest BCUT2D eigenvalue weighted by atomic mass is 16.2. The first kappa shape index (κ1) is 19.2. The van der Waals surface area contributed by atoms with E-state index in [4.69, 9.17) is 0 Å². The third-order valence-corrected chi connectivity index (χ3v) is 5.39. The van der Waals surface area contributed by atoms with E-state index in [9.17, 15) is 4.79 Å². The number of hydrogen-bond acceptors (Lipinski definition) is 3. The molecule has 2 amide bonds. The van der Waals surface area contributed by atoms with Gasteiger partial charge in [0.25, 0.3) is 0 Å². The lowest BCUT2D eigenvalue weighted by Crippen LogP contribution is -2.50. The number of rotatable bonds is 6. The molecule has 0 bridgehead atoms. The molecule has 1 atom stereocenters. The van der Waals surface area contributed by atoms with Crippen LogP contribution in [-0.4, -0.2) is 33.1 Å². The van der Waals surface area contributed by atoms with Gasteiger partial charge in [0.1, 0.15) is 0 Å². The highest BCUT2D eigenvalue weighted by Gasteiger charge is 2.26. The Labute approximate surface area is 171 Å². The van der Waals surface area contributed by atoms with Crippen LogP contribution in [0.4, 0.5) is 4.79 Å². The summed E-state index contributed by atoms with van der Waals surface area (Å²) < 4.78 is 2.27. The molecule has 4 rings (SSSR count). The van der Waals surface area contributed by atoms with Crippen molar-refractivity contribution in [3.8, 4) is 0 Å².